The number of nitrogens with one attached hydrogen (secondary N) is 1. The second kappa shape index (κ2) is 8.90. The standard InChI is InChI=1S/C17H24BrN7S/c1-12-15(18)16-14(26-12)11-21-17(23-16)22-13(9-19)10-20-3-4-25-7-5-24(2)6-8-25/h9-11H,3-8,19H2,1-2H3,(H,21,22,23). The molecule has 0 bridgehead atoms. The lowest BCUT2D eigenvalue weighted by molar-refractivity contribution is 0.157. The zero-order valence-electron chi connectivity index (χ0n) is 15.1. The van der Waals surface area contributed by atoms with Crippen molar-refractivity contribution in [2.75, 3.05) is 51.6 Å². The number of rotatable bonds is 6. The van der Waals surface area contributed by atoms with Crippen molar-refractivity contribution in [3.63, 3.8) is 0 Å². The van der Waals surface area contributed by atoms with Gasteiger partial charge in [0.05, 0.1) is 27.6 Å². The van der Waals surface area contributed by atoms with E-state index < -0.39 is 0 Å². The van der Waals surface area contributed by atoms with Gasteiger partial charge in [-0.2, -0.15) is 0 Å². The molecule has 0 radical (unpaired) electrons. The van der Waals surface area contributed by atoms with Crippen molar-refractivity contribution >= 4 is 49.6 Å². The van der Waals surface area contributed by atoms with Gasteiger partial charge in [0.1, 0.15) is 5.52 Å². The third kappa shape index (κ3) is 4.79. The predicted molar refractivity (Wildman–Crippen MR) is 113 cm³/mol. The minimum atomic E-state index is 0.512. The summed E-state index contributed by atoms with van der Waals surface area (Å²) in [4.78, 5) is 19.4. The van der Waals surface area contributed by atoms with Crippen molar-refractivity contribution < 1.29 is 0 Å². The molecule has 0 saturated carbocycles. The van der Waals surface area contributed by atoms with Crippen LogP contribution in [0.15, 0.2) is 27.6 Å². The van der Waals surface area contributed by atoms with Crippen molar-refractivity contribution in [1.82, 2.24) is 19.8 Å². The average Bonchev–Trinajstić information content (AvgIpc) is 2.93. The van der Waals surface area contributed by atoms with E-state index in [1.807, 2.05) is 6.20 Å². The molecule has 7 nitrogen and oxygen atoms in total. The molecule has 1 aliphatic rings. The van der Waals surface area contributed by atoms with Gasteiger partial charge in [-0.25, -0.2) is 9.97 Å². The van der Waals surface area contributed by atoms with Gasteiger partial charge in [0.25, 0.3) is 0 Å². The lowest BCUT2D eigenvalue weighted by atomic mass is 10.3. The Labute approximate surface area is 166 Å². The first kappa shape index (κ1) is 19.2. The Balaban J connectivity index is 1.55. The van der Waals surface area contributed by atoms with Gasteiger partial charge in [0.2, 0.25) is 5.95 Å². The topological polar surface area (TPSA) is 82.7 Å². The maximum absolute atomic E-state index is 5.71. The van der Waals surface area contributed by atoms with Crippen LogP contribution in [0.1, 0.15) is 4.88 Å². The lowest BCUT2D eigenvalue weighted by Gasteiger charge is -2.31. The molecule has 2 aromatic rings. The van der Waals surface area contributed by atoms with Gasteiger partial charge in [0.15, 0.2) is 0 Å². The van der Waals surface area contributed by atoms with Gasteiger partial charge < -0.3 is 16.0 Å². The molecule has 1 fully saturated rings. The maximum Gasteiger partial charge on any atom is 0.227 e. The van der Waals surface area contributed by atoms with E-state index in [4.69, 9.17) is 5.73 Å². The van der Waals surface area contributed by atoms with Gasteiger partial charge in [-0.1, -0.05) is 0 Å². The number of halogens is 1. The van der Waals surface area contributed by atoms with Crippen molar-refractivity contribution in [2.45, 2.75) is 6.92 Å². The van der Waals surface area contributed by atoms with Crippen LogP contribution in [-0.2, 0) is 0 Å². The number of thiophene rings is 1. The Morgan fingerprint density at radius 3 is 2.92 bits per heavy atom. The molecular weight excluding hydrogens is 414 g/mol. The average molecular weight is 438 g/mol. The van der Waals surface area contributed by atoms with Crippen molar-refractivity contribution in [3.05, 3.63) is 27.4 Å². The second-order valence-corrected chi connectivity index (χ2v) is 8.36. The van der Waals surface area contributed by atoms with Gasteiger partial charge in [-0.3, -0.25) is 9.89 Å². The van der Waals surface area contributed by atoms with Crippen molar-refractivity contribution in [2.24, 2.45) is 10.7 Å². The number of aromatic nitrogens is 2. The minimum Gasteiger partial charge on any atom is -0.403 e. The van der Waals surface area contributed by atoms with Gasteiger partial charge >= 0.3 is 0 Å². The number of nitrogens with two attached hydrogens (primary N) is 1. The van der Waals surface area contributed by atoms with Gasteiger partial charge in [0, 0.05) is 50.0 Å². The third-order valence-electron chi connectivity index (χ3n) is 4.34. The van der Waals surface area contributed by atoms with E-state index in [0.29, 0.717) is 11.6 Å². The van der Waals surface area contributed by atoms with Crippen LogP contribution in [0.3, 0.4) is 0 Å². The molecule has 2 aromatic heterocycles. The van der Waals surface area contributed by atoms with Crippen LogP contribution in [0.2, 0.25) is 0 Å². The summed E-state index contributed by atoms with van der Waals surface area (Å²) < 4.78 is 2.07. The summed E-state index contributed by atoms with van der Waals surface area (Å²) in [5.41, 5.74) is 7.31. The Hall–Kier alpha value is -1.55. The Bertz CT molecular complexity index is 809. The molecule has 9 heteroatoms. The summed E-state index contributed by atoms with van der Waals surface area (Å²) in [5.74, 6) is 0.512. The first-order valence-electron chi connectivity index (χ1n) is 8.58. The van der Waals surface area contributed by atoms with Crippen LogP contribution in [0.5, 0.6) is 0 Å². The van der Waals surface area contributed by atoms with Crippen LogP contribution in [-0.4, -0.2) is 72.3 Å². The molecule has 0 unspecified atom stereocenters. The fourth-order valence-corrected chi connectivity index (χ4v) is 4.26. The van der Waals surface area contributed by atoms with Crippen LogP contribution in [0, 0.1) is 6.92 Å². The molecule has 3 N–H and O–H groups in total. The first-order chi connectivity index (χ1) is 12.6. The highest BCUT2D eigenvalue weighted by molar-refractivity contribution is 9.10. The van der Waals surface area contributed by atoms with Gasteiger partial charge in [-0.15, -0.1) is 11.3 Å². The molecule has 0 spiro atoms. The van der Waals surface area contributed by atoms with E-state index in [2.05, 4.69) is 60.0 Å². The molecule has 3 rings (SSSR count). The van der Waals surface area contributed by atoms with Crippen LogP contribution >= 0.6 is 27.3 Å². The SMILES string of the molecule is Cc1sc2cnc(NC(C=NCCN3CCN(C)CC3)=CN)nc2c1Br. The Morgan fingerprint density at radius 2 is 2.19 bits per heavy atom. The number of anilines is 1. The molecule has 0 aliphatic carbocycles. The van der Waals surface area contributed by atoms with E-state index in [-0.39, 0.29) is 0 Å². The van der Waals surface area contributed by atoms with Gasteiger partial charge in [-0.05, 0) is 29.9 Å². The number of fused-ring (bicyclic) bond motifs is 1. The predicted octanol–water partition coefficient (Wildman–Crippen LogP) is 2.29. The molecule has 26 heavy (non-hydrogen) atoms. The summed E-state index contributed by atoms with van der Waals surface area (Å²) in [6.07, 6.45) is 5.06. The minimum absolute atomic E-state index is 0.512. The molecule has 0 amide bonds. The highest BCUT2D eigenvalue weighted by Gasteiger charge is 2.12. The monoisotopic (exact) mass is 437 g/mol. The number of likely N-dealkylation sites (N-methyl/N-ethyl adjacent to an activating group) is 1. The molecule has 0 atom stereocenters. The summed E-state index contributed by atoms with van der Waals surface area (Å²) in [5, 5.41) is 3.13. The number of hydrogen-bond acceptors (Lipinski definition) is 8. The van der Waals surface area contributed by atoms with E-state index >= 15 is 0 Å². The normalized spacial score (nSPS) is 17.4. The molecule has 0 aromatic carbocycles. The zero-order valence-corrected chi connectivity index (χ0v) is 17.5. The largest absolute Gasteiger partial charge is 0.403 e. The van der Waals surface area contributed by atoms with E-state index in [9.17, 15) is 0 Å². The number of piperazine rings is 1. The number of allylic oxidation sites excluding steroid dienone is 1. The Kier molecular flexibility index (Phi) is 6.58. The number of aliphatic imine (C=N–C) groups is 1. The maximum atomic E-state index is 5.71. The number of aryl methyl sites for hydroxylation is 1. The third-order valence-corrected chi connectivity index (χ3v) is 6.60. The van der Waals surface area contributed by atoms with E-state index in [1.54, 1.807) is 17.6 Å². The fourth-order valence-electron chi connectivity index (χ4n) is 2.72. The summed E-state index contributed by atoms with van der Waals surface area (Å²) in [7, 11) is 2.16. The highest BCUT2D eigenvalue weighted by atomic mass is 79.9. The number of hydrogen-bond donors (Lipinski definition) is 2. The Morgan fingerprint density at radius 1 is 1.42 bits per heavy atom. The van der Waals surface area contributed by atoms with E-state index in [0.717, 1.165) is 54.0 Å². The second-order valence-electron chi connectivity index (χ2n) is 6.31. The lowest BCUT2D eigenvalue weighted by Crippen LogP contribution is -2.45. The van der Waals surface area contributed by atoms with Crippen LogP contribution in [0.4, 0.5) is 5.95 Å². The smallest absolute Gasteiger partial charge is 0.227 e. The molecule has 3 heterocycles. The summed E-state index contributed by atoms with van der Waals surface area (Å²) in [6, 6.07) is 0. The zero-order chi connectivity index (χ0) is 18.5. The molecule has 1 saturated heterocycles. The quantitative estimate of drug-likeness (QED) is 0.674. The van der Waals surface area contributed by atoms with Crippen molar-refractivity contribution in [3.8, 4) is 0 Å². The summed E-state index contributed by atoms with van der Waals surface area (Å²) in [6.45, 7) is 8.22. The van der Waals surface area contributed by atoms with Crippen molar-refractivity contribution in [1.29, 1.82) is 0 Å². The van der Waals surface area contributed by atoms with Crippen LogP contribution < -0.4 is 11.1 Å². The number of nitrogens with zero attached hydrogens (tertiary/aromatic N) is 5. The summed E-state index contributed by atoms with van der Waals surface area (Å²) >= 11 is 5.25. The highest BCUT2D eigenvalue weighted by Crippen LogP contribution is 2.33. The molecular formula is C17H24BrN7S. The fraction of sp³-hybridized carbons (Fsp3) is 0.471. The first-order valence-corrected chi connectivity index (χ1v) is 10.2. The molecule has 1 aliphatic heterocycles. The van der Waals surface area contributed by atoms with Crippen LogP contribution in [0.25, 0.3) is 10.2 Å². The van der Waals surface area contributed by atoms with E-state index in [1.165, 1.54) is 11.1 Å². The molecule has 140 valence electrons.